The normalized spacial score (nSPS) is 9.81. The summed E-state index contributed by atoms with van der Waals surface area (Å²) in [6.07, 6.45) is 0. The Morgan fingerprint density at radius 3 is 2.04 bits per heavy atom. The summed E-state index contributed by atoms with van der Waals surface area (Å²) in [5.74, 6) is 0.607. The Morgan fingerprint density at radius 1 is 0.885 bits per heavy atom. The second-order valence-corrected chi connectivity index (χ2v) is 5.37. The van der Waals surface area contributed by atoms with Gasteiger partial charge in [-0.25, -0.2) is 0 Å². The predicted molar refractivity (Wildman–Crippen MR) is 104 cm³/mol. The van der Waals surface area contributed by atoms with Gasteiger partial charge in [0.25, 0.3) is 5.91 Å². The number of furan rings is 1. The Morgan fingerprint density at radius 2 is 1.50 bits per heavy atom. The van der Waals surface area contributed by atoms with Crippen LogP contribution in [0.2, 0.25) is 0 Å². The molecular weight excluding hydrogens is 328 g/mol. The summed E-state index contributed by atoms with van der Waals surface area (Å²) in [5.41, 5.74) is 8.25. The van der Waals surface area contributed by atoms with Gasteiger partial charge in [-0.3, -0.25) is 9.59 Å². The molecule has 3 N–H and O–H groups in total. The quantitative estimate of drug-likeness (QED) is 0.511. The maximum absolute atomic E-state index is 12.2. The molecule has 5 heteroatoms. The summed E-state index contributed by atoms with van der Waals surface area (Å²) in [5, 5.41) is 2.82. The van der Waals surface area contributed by atoms with Crippen LogP contribution in [0.4, 0.5) is 11.4 Å². The number of hydrogen-bond donors (Lipinski definition) is 2. The number of rotatable bonds is 4. The fraction of sp³-hybridized carbons (Fsp3) is 0.143. The first-order chi connectivity index (χ1) is 12.5. The molecular formula is C21H22N2O3. The van der Waals surface area contributed by atoms with Gasteiger partial charge in [-0.2, -0.15) is 0 Å². The topological polar surface area (TPSA) is 85.3 Å². The molecule has 0 saturated heterocycles. The van der Waals surface area contributed by atoms with Crippen molar-refractivity contribution in [2.75, 3.05) is 11.1 Å². The van der Waals surface area contributed by atoms with Crippen molar-refractivity contribution in [1.82, 2.24) is 0 Å². The Bertz CT molecular complexity index is 878. The number of carbonyl (C=O) groups excluding carboxylic acids is 2. The molecule has 1 aromatic heterocycles. The number of Topliss-reactive ketones (excluding diaryl/α,β-unsaturated/α-hetero) is 1. The Labute approximate surface area is 152 Å². The van der Waals surface area contributed by atoms with Crippen molar-refractivity contribution in [3.05, 3.63) is 72.0 Å². The highest BCUT2D eigenvalue weighted by molar-refractivity contribution is 6.04. The molecule has 0 radical (unpaired) electrons. The minimum absolute atomic E-state index is 0.117. The van der Waals surface area contributed by atoms with Gasteiger partial charge < -0.3 is 15.5 Å². The maximum Gasteiger partial charge on any atom is 0.255 e. The third-order valence-corrected chi connectivity index (χ3v) is 3.55. The lowest BCUT2D eigenvalue weighted by Gasteiger charge is -2.06. The van der Waals surface area contributed by atoms with E-state index in [4.69, 9.17) is 10.2 Å². The van der Waals surface area contributed by atoms with Crippen LogP contribution in [0.3, 0.4) is 0 Å². The number of anilines is 2. The molecule has 5 nitrogen and oxygen atoms in total. The van der Waals surface area contributed by atoms with Gasteiger partial charge in [-0.1, -0.05) is 13.8 Å². The number of ketones is 1. The largest absolute Gasteiger partial charge is 0.453 e. The Kier molecular flexibility index (Phi) is 6.33. The first kappa shape index (κ1) is 19.0. The van der Waals surface area contributed by atoms with E-state index in [1.54, 1.807) is 48.5 Å². The van der Waals surface area contributed by atoms with Gasteiger partial charge in [0.15, 0.2) is 11.5 Å². The van der Waals surface area contributed by atoms with Crippen molar-refractivity contribution in [1.29, 1.82) is 0 Å². The monoisotopic (exact) mass is 350 g/mol. The predicted octanol–water partition coefficient (Wildman–Crippen LogP) is 5.01. The number of hydrogen-bond acceptors (Lipinski definition) is 4. The maximum atomic E-state index is 12.2. The van der Waals surface area contributed by atoms with Crippen LogP contribution in [0.15, 0.2) is 65.1 Å². The van der Waals surface area contributed by atoms with Gasteiger partial charge in [0.05, 0.1) is 0 Å². The van der Waals surface area contributed by atoms with Gasteiger partial charge >= 0.3 is 0 Å². The number of benzene rings is 2. The lowest BCUT2D eigenvalue weighted by molar-refractivity contribution is 0.0986. The molecule has 0 aliphatic heterocycles. The summed E-state index contributed by atoms with van der Waals surface area (Å²) in [4.78, 5) is 23.4. The summed E-state index contributed by atoms with van der Waals surface area (Å²) in [6, 6.07) is 17.3. The highest BCUT2D eigenvalue weighted by Gasteiger charge is 2.09. The van der Waals surface area contributed by atoms with Crippen LogP contribution in [0.25, 0.3) is 11.3 Å². The van der Waals surface area contributed by atoms with Crippen LogP contribution in [-0.4, -0.2) is 11.7 Å². The lowest BCUT2D eigenvalue weighted by Crippen LogP contribution is -2.11. The summed E-state index contributed by atoms with van der Waals surface area (Å²) < 4.78 is 5.48. The molecule has 0 unspecified atom stereocenters. The second kappa shape index (κ2) is 8.67. The number of amides is 1. The zero-order valence-electron chi connectivity index (χ0n) is 15.1. The van der Waals surface area contributed by atoms with Gasteiger partial charge in [-0.05, 0) is 60.7 Å². The van der Waals surface area contributed by atoms with Crippen LogP contribution >= 0.6 is 0 Å². The van der Waals surface area contributed by atoms with Crippen molar-refractivity contribution >= 4 is 23.1 Å². The molecule has 3 aromatic rings. The van der Waals surface area contributed by atoms with E-state index in [0.717, 1.165) is 5.56 Å². The molecule has 1 heterocycles. The van der Waals surface area contributed by atoms with E-state index in [-0.39, 0.29) is 11.7 Å². The van der Waals surface area contributed by atoms with Gasteiger partial charge in [0.1, 0.15) is 5.76 Å². The molecule has 3 rings (SSSR count). The van der Waals surface area contributed by atoms with Crippen molar-refractivity contribution < 1.29 is 14.0 Å². The van der Waals surface area contributed by atoms with Crippen molar-refractivity contribution in [2.45, 2.75) is 20.8 Å². The Hall–Kier alpha value is -3.34. The molecule has 0 fully saturated rings. The zero-order valence-corrected chi connectivity index (χ0v) is 15.1. The second-order valence-electron chi connectivity index (χ2n) is 5.37. The third kappa shape index (κ3) is 4.60. The minimum Gasteiger partial charge on any atom is -0.453 e. The SMILES string of the molecule is CC.CC(=O)c1ccc(-c2ccc(NC(=O)c3ccc(N)cc3)cc2)o1. The standard InChI is InChI=1S/C19H16N2O3.C2H6/c1-12(22)17-10-11-18(24-17)13-4-8-16(9-5-13)21-19(23)14-2-6-15(20)7-3-14;1-2/h2-11H,20H2,1H3,(H,21,23);1-2H3. The minimum atomic E-state index is -0.209. The first-order valence-electron chi connectivity index (χ1n) is 8.41. The highest BCUT2D eigenvalue weighted by atomic mass is 16.3. The molecule has 0 bridgehead atoms. The molecule has 0 saturated carbocycles. The van der Waals surface area contributed by atoms with E-state index in [0.29, 0.717) is 28.5 Å². The third-order valence-electron chi connectivity index (χ3n) is 3.55. The molecule has 0 aliphatic rings. The van der Waals surface area contributed by atoms with E-state index in [2.05, 4.69) is 5.32 Å². The smallest absolute Gasteiger partial charge is 0.255 e. The number of carbonyl (C=O) groups is 2. The average Bonchev–Trinajstić information content (AvgIpc) is 3.15. The lowest BCUT2D eigenvalue weighted by atomic mass is 10.1. The number of nitrogens with two attached hydrogens (primary N) is 1. The van der Waals surface area contributed by atoms with E-state index < -0.39 is 0 Å². The van der Waals surface area contributed by atoms with Crippen LogP contribution in [0.1, 0.15) is 41.7 Å². The molecule has 2 aromatic carbocycles. The van der Waals surface area contributed by atoms with Crippen LogP contribution in [0.5, 0.6) is 0 Å². The van der Waals surface area contributed by atoms with Crippen molar-refractivity contribution in [3.8, 4) is 11.3 Å². The Balaban J connectivity index is 0.00000117. The molecule has 0 aliphatic carbocycles. The summed E-state index contributed by atoms with van der Waals surface area (Å²) >= 11 is 0. The van der Waals surface area contributed by atoms with Crippen LogP contribution < -0.4 is 11.1 Å². The highest BCUT2D eigenvalue weighted by Crippen LogP contribution is 2.24. The molecule has 0 spiro atoms. The van der Waals surface area contributed by atoms with Gasteiger partial charge in [0.2, 0.25) is 0 Å². The number of nitrogen functional groups attached to an aromatic ring is 1. The average molecular weight is 350 g/mol. The summed E-state index contributed by atoms with van der Waals surface area (Å²) in [7, 11) is 0. The van der Waals surface area contributed by atoms with Gasteiger partial charge in [0, 0.05) is 29.4 Å². The van der Waals surface area contributed by atoms with Crippen molar-refractivity contribution in [2.24, 2.45) is 0 Å². The van der Waals surface area contributed by atoms with E-state index in [1.165, 1.54) is 6.92 Å². The molecule has 1 amide bonds. The molecule has 134 valence electrons. The first-order valence-corrected chi connectivity index (χ1v) is 8.41. The van der Waals surface area contributed by atoms with E-state index >= 15 is 0 Å². The summed E-state index contributed by atoms with van der Waals surface area (Å²) in [6.45, 7) is 5.46. The molecule has 0 atom stereocenters. The van der Waals surface area contributed by atoms with Crippen molar-refractivity contribution in [3.63, 3.8) is 0 Å². The molecule has 26 heavy (non-hydrogen) atoms. The van der Waals surface area contributed by atoms with Gasteiger partial charge in [-0.15, -0.1) is 0 Å². The fourth-order valence-electron chi connectivity index (χ4n) is 2.24. The van der Waals surface area contributed by atoms with E-state index in [1.807, 2.05) is 26.0 Å². The van der Waals surface area contributed by atoms with Crippen LogP contribution in [-0.2, 0) is 0 Å². The zero-order chi connectivity index (χ0) is 19.1. The van der Waals surface area contributed by atoms with E-state index in [9.17, 15) is 9.59 Å². The fourth-order valence-corrected chi connectivity index (χ4v) is 2.24. The van der Waals surface area contributed by atoms with Crippen LogP contribution in [0, 0.1) is 0 Å². The number of nitrogens with one attached hydrogen (secondary N) is 1.